The molecule has 74 valence electrons. The zero-order valence-corrected chi connectivity index (χ0v) is 8.92. The molecule has 13 heavy (non-hydrogen) atoms. The molecule has 0 saturated heterocycles. The number of hydrogen-bond donors (Lipinski definition) is 0. The molecule has 2 heterocycles. The Morgan fingerprint density at radius 2 is 2.08 bits per heavy atom. The first-order valence-electron chi connectivity index (χ1n) is 4.89. The molecular formula is C10H18N2O. The van der Waals surface area contributed by atoms with E-state index in [4.69, 9.17) is 4.42 Å². The van der Waals surface area contributed by atoms with E-state index >= 15 is 0 Å². The summed E-state index contributed by atoms with van der Waals surface area (Å²) < 4.78 is 5.42. The summed E-state index contributed by atoms with van der Waals surface area (Å²) >= 11 is 0. The Labute approximate surface area is 79.8 Å². The highest BCUT2D eigenvalue weighted by Gasteiger charge is 2.17. The number of hydrogen-bond acceptors (Lipinski definition) is 3. The summed E-state index contributed by atoms with van der Waals surface area (Å²) in [5, 5.41) is 0. The van der Waals surface area contributed by atoms with Crippen LogP contribution in [0.15, 0.2) is 4.42 Å². The van der Waals surface area contributed by atoms with Gasteiger partial charge in [-0.3, -0.25) is 4.90 Å². The van der Waals surface area contributed by atoms with Crippen molar-refractivity contribution < 1.29 is 4.42 Å². The summed E-state index contributed by atoms with van der Waals surface area (Å²) in [7, 11) is 2.10. The highest BCUT2D eigenvalue weighted by atomic mass is 16.4. The van der Waals surface area contributed by atoms with Gasteiger partial charge >= 0.3 is 0 Å². The molecule has 1 aromatic rings. The molecular weight excluding hydrogens is 164 g/mol. The van der Waals surface area contributed by atoms with Crippen molar-refractivity contribution in [2.24, 2.45) is 0 Å². The molecule has 0 N–H and O–H groups in total. The Hall–Kier alpha value is -0.830. The van der Waals surface area contributed by atoms with E-state index in [0.717, 1.165) is 36.9 Å². The fourth-order valence-corrected chi connectivity index (χ4v) is 1.46. The molecule has 3 heteroatoms. The van der Waals surface area contributed by atoms with Crippen molar-refractivity contribution in [1.82, 2.24) is 9.88 Å². The lowest BCUT2D eigenvalue weighted by molar-refractivity contribution is 0.291. The van der Waals surface area contributed by atoms with E-state index in [1.807, 2.05) is 20.8 Å². The van der Waals surface area contributed by atoms with Gasteiger partial charge in [-0.1, -0.05) is 13.8 Å². The first-order valence-corrected chi connectivity index (χ1v) is 4.89. The van der Waals surface area contributed by atoms with Crippen molar-refractivity contribution >= 4 is 0 Å². The second kappa shape index (κ2) is 4.42. The van der Waals surface area contributed by atoms with Crippen LogP contribution in [0.3, 0.4) is 0 Å². The minimum absolute atomic E-state index is 0.797. The Morgan fingerprint density at radius 3 is 2.77 bits per heavy atom. The maximum Gasteiger partial charge on any atom is 0.191 e. The first kappa shape index (κ1) is 10.3. The average molecular weight is 182 g/mol. The maximum absolute atomic E-state index is 5.42. The van der Waals surface area contributed by atoms with Gasteiger partial charge in [0.05, 0.1) is 5.69 Å². The molecule has 0 spiro atoms. The van der Waals surface area contributed by atoms with Crippen LogP contribution >= 0.6 is 0 Å². The lowest BCUT2D eigenvalue weighted by Gasteiger charge is -2.19. The summed E-state index contributed by atoms with van der Waals surface area (Å²) in [5.74, 6) is 1.88. The van der Waals surface area contributed by atoms with E-state index in [1.54, 1.807) is 0 Å². The minimum Gasteiger partial charge on any atom is -0.446 e. The molecule has 0 fully saturated rings. The Kier molecular flexibility index (Phi) is 3.48. The van der Waals surface area contributed by atoms with Gasteiger partial charge in [0.1, 0.15) is 5.76 Å². The van der Waals surface area contributed by atoms with E-state index in [-0.39, 0.29) is 0 Å². The Morgan fingerprint density at radius 1 is 1.38 bits per heavy atom. The summed E-state index contributed by atoms with van der Waals surface area (Å²) in [5.41, 5.74) is 1.12. The number of nitrogens with zero attached hydrogens (tertiary/aromatic N) is 2. The van der Waals surface area contributed by atoms with E-state index < -0.39 is 0 Å². The second-order valence-corrected chi connectivity index (χ2v) is 3.09. The van der Waals surface area contributed by atoms with Crippen LogP contribution in [0.1, 0.15) is 31.2 Å². The highest BCUT2D eigenvalue weighted by molar-refractivity contribution is 5.12. The van der Waals surface area contributed by atoms with Crippen LogP contribution in [0.4, 0.5) is 0 Å². The van der Waals surface area contributed by atoms with E-state index in [0.29, 0.717) is 0 Å². The number of fused-ring (bicyclic) bond motifs is 1. The third-order valence-electron chi connectivity index (χ3n) is 2.03. The third kappa shape index (κ3) is 2.31. The monoisotopic (exact) mass is 182 g/mol. The van der Waals surface area contributed by atoms with Crippen LogP contribution in [0.2, 0.25) is 0 Å². The number of likely N-dealkylation sites (N-methyl/N-ethyl adjacent to an activating group) is 1. The predicted octanol–water partition coefficient (Wildman–Crippen LogP) is 2.00. The Balaban J connectivity index is 0.000000396. The van der Waals surface area contributed by atoms with Gasteiger partial charge in [0.15, 0.2) is 5.89 Å². The van der Waals surface area contributed by atoms with Gasteiger partial charge in [-0.15, -0.1) is 0 Å². The van der Waals surface area contributed by atoms with Gasteiger partial charge in [0, 0.05) is 26.4 Å². The van der Waals surface area contributed by atoms with Crippen LogP contribution < -0.4 is 0 Å². The summed E-state index contributed by atoms with van der Waals surface area (Å²) in [6, 6.07) is 0. The number of rotatable bonds is 0. The van der Waals surface area contributed by atoms with Crippen molar-refractivity contribution in [3.63, 3.8) is 0 Å². The normalized spacial score (nSPS) is 16.0. The molecule has 3 nitrogen and oxygen atoms in total. The molecule has 0 amide bonds. The van der Waals surface area contributed by atoms with E-state index in [2.05, 4.69) is 16.9 Å². The van der Waals surface area contributed by atoms with Crippen molar-refractivity contribution in [1.29, 1.82) is 0 Å². The molecule has 1 aliphatic rings. The van der Waals surface area contributed by atoms with Gasteiger partial charge in [0.2, 0.25) is 0 Å². The lowest BCUT2D eigenvalue weighted by atomic mass is 10.2. The molecule has 1 aliphatic heterocycles. The van der Waals surface area contributed by atoms with Crippen LogP contribution in [0, 0.1) is 6.92 Å². The fourth-order valence-electron chi connectivity index (χ4n) is 1.46. The smallest absolute Gasteiger partial charge is 0.191 e. The second-order valence-electron chi connectivity index (χ2n) is 3.09. The first-order chi connectivity index (χ1) is 6.25. The minimum atomic E-state index is 0.797. The Bertz CT molecular complexity index is 268. The molecule has 0 unspecified atom stereocenters. The molecule has 0 bridgehead atoms. The van der Waals surface area contributed by atoms with Crippen molar-refractivity contribution in [2.75, 3.05) is 13.6 Å². The topological polar surface area (TPSA) is 29.3 Å². The molecule has 0 aromatic carbocycles. The number of aromatic nitrogens is 1. The van der Waals surface area contributed by atoms with E-state index in [1.165, 1.54) is 0 Å². The van der Waals surface area contributed by atoms with Gasteiger partial charge in [-0.25, -0.2) is 4.98 Å². The SMILES string of the molecule is CC.Cc1nc2c(o1)CCN(C)C2. The van der Waals surface area contributed by atoms with Crippen LogP contribution in [0.5, 0.6) is 0 Å². The summed E-state index contributed by atoms with van der Waals surface area (Å²) in [6.45, 7) is 7.92. The van der Waals surface area contributed by atoms with Crippen molar-refractivity contribution in [3.8, 4) is 0 Å². The van der Waals surface area contributed by atoms with Crippen LogP contribution in [0.25, 0.3) is 0 Å². The molecule has 0 atom stereocenters. The van der Waals surface area contributed by atoms with Crippen LogP contribution in [-0.2, 0) is 13.0 Å². The third-order valence-corrected chi connectivity index (χ3v) is 2.03. The quantitative estimate of drug-likeness (QED) is 0.614. The largest absolute Gasteiger partial charge is 0.446 e. The molecule has 2 rings (SSSR count). The maximum atomic E-state index is 5.42. The zero-order valence-electron chi connectivity index (χ0n) is 8.92. The highest BCUT2D eigenvalue weighted by Crippen LogP contribution is 2.17. The molecule has 0 saturated carbocycles. The van der Waals surface area contributed by atoms with Crippen LogP contribution in [-0.4, -0.2) is 23.5 Å². The number of oxazole rings is 1. The van der Waals surface area contributed by atoms with E-state index in [9.17, 15) is 0 Å². The van der Waals surface area contributed by atoms with Gasteiger partial charge in [-0.05, 0) is 7.05 Å². The molecule has 0 aliphatic carbocycles. The van der Waals surface area contributed by atoms with Crippen molar-refractivity contribution in [3.05, 3.63) is 17.3 Å². The molecule has 1 aromatic heterocycles. The van der Waals surface area contributed by atoms with Gasteiger partial charge in [0.25, 0.3) is 0 Å². The van der Waals surface area contributed by atoms with Gasteiger partial charge < -0.3 is 4.42 Å². The molecule has 0 radical (unpaired) electrons. The summed E-state index contributed by atoms with van der Waals surface area (Å²) in [6.07, 6.45) is 1.01. The predicted molar refractivity (Wildman–Crippen MR) is 52.6 cm³/mol. The summed E-state index contributed by atoms with van der Waals surface area (Å²) in [4.78, 5) is 6.55. The average Bonchev–Trinajstić information content (AvgIpc) is 2.48. The van der Waals surface area contributed by atoms with Gasteiger partial charge in [-0.2, -0.15) is 0 Å². The lowest BCUT2D eigenvalue weighted by Crippen LogP contribution is -2.25. The van der Waals surface area contributed by atoms with Crippen molar-refractivity contribution in [2.45, 2.75) is 33.7 Å². The zero-order chi connectivity index (χ0) is 9.84. The fraction of sp³-hybridized carbons (Fsp3) is 0.700. The standard InChI is InChI=1S/C8H12N2O.C2H6/c1-6-9-7-5-10(2)4-3-8(7)11-6;1-2/h3-5H2,1-2H3;1-2H3. The number of aryl methyl sites for hydroxylation is 1.